The molecule has 0 aromatic heterocycles. The Morgan fingerprint density at radius 2 is 2.00 bits per heavy atom. The summed E-state index contributed by atoms with van der Waals surface area (Å²) >= 11 is 5.99. The molecule has 1 unspecified atom stereocenters. The fourth-order valence-corrected chi connectivity index (χ4v) is 2.82. The summed E-state index contributed by atoms with van der Waals surface area (Å²) in [4.78, 5) is 35.9. The van der Waals surface area contributed by atoms with E-state index in [0.29, 0.717) is 11.3 Å². The number of amides is 2. The van der Waals surface area contributed by atoms with Gasteiger partial charge in [0.15, 0.2) is 0 Å². The van der Waals surface area contributed by atoms with Crippen LogP contribution in [0, 0.1) is 5.92 Å². The number of nitrogens with zero attached hydrogens (tertiary/aromatic N) is 1. The molecular formula is C16H16ClF3N2O4. The van der Waals surface area contributed by atoms with E-state index in [1.54, 1.807) is 0 Å². The number of alkyl halides is 3. The summed E-state index contributed by atoms with van der Waals surface area (Å²) < 4.78 is 42.3. The molecular weight excluding hydrogens is 377 g/mol. The number of likely N-dealkylation sites (tertiary alicyclic amines) is 1. The van der Waals surface area contributed by atoms with Crippen LogP contribution in [0.4, 0.5) is 18.9 Å². The van der Waals surface area contributed by atoms with Crippen LogP contribution in [0.3, 0.4) is 0 Å². The third-order valence-electron chi connectivity index (χ3n) is 3.97. The minimum atomic E-state index is -4.98. The van der Waals surface area contributed by atoms with Gasteiger partial charge in [0.25, 0.3) is 0 Å². The van der Waals surface area contributed by atoms with Gasteiger partial charge in [-0.05, 0) is 31.0 Å². The predicted octanol–water partition coefficient (Wildman–Crippen LogP) is 2.87. The van der Waals surface area contributed by atoms with Crippen molar-refractivity contribution in [2.24, 2.45) is 5.92 Å². The second-order valence-electron chi connectivity index (χ2n) is 5.76. The number of anilines is 1. The molecule has 1 aliphatic heterocycles. The maximum atomic E-state index is 12.6. The highest BCUT2D eigenvalue weighted by Gasteiger charge is 2.44. The van der Waals surface area contributed by atoms with E-state index >= 15 is 0 Å². The van der Waals surface area contributed by atoms with Gasteiger partial charge in [-0.2, -0.15) is 13.2 Å². The zero-order chi connectivity index (χ0) is 19.5. The van der Waals surface area contributed by atoms with Gasteiger partial charge in [-0.1, -0.05) is 11.6 Å². The number of esters is 1. The van der Waals surface area contributed by atoms with Crippen LogP contribution in [-0.4, -0.2) is 49.1 Å². The number of hydrogen-bond acceptors (Lipinski definition) is 4. The largest absolute Gasteiger partial charge is 0.471 e. The minimum absolute atomic E-state index is 0.0549. The van der Waals surface area contributed by atoms with E-state index in [4.69, 9.17) is 11.6 Å². The summed E-state index contributed by atoms with van der Waals surface area (Å²) in [6.07, 6.45) is -4.37. The molecule has 1 aromatic rings. The molecule has 1 heterocycles. The molecule has 1 atom stereocenters. The van der Waals surface area contributed by atoms with Gasteiger partial charge in [-0.3, -0.25) is 9.59 Å². The van der Waals surface area contributed by atoms with Crippen LogP contribution in [-0.2, 0) is 14.3 Å². The predicted molar refractivity (Wildman–Crippen MR) is 86.8 cm³/mol. The first-order valence-electron chi connectivity index (χ1n) is 7.68. The summed E-state index contributed by atoms with van der Waals surface area (Å²) in [6, 6.07) is 4.12. The van der Waals surface area contributed by atoms with Gasteiger partial charge in [0.1, 0.15) is 0 Å². The molecule has 1 saturated heterocycles. The zero-order valence-electron chi connectivity index (χ0n) is 13.7. The van der Waals surface area contributed by atoms with Crippen LogP contribution in [0.25, 0.3) is 0 Å². The first-order valence-corrected chi connectivity index (χ1v) is 8.06. The maximum Gasteiger partial charge on any atom is 0.471 e. The average molecular weight is 393 g/mol. The average Bonchev–Trinajstić information content (AvgIpc) is 2.61. The quantitative estimate of drug-likeness (QED) is 0.802. The van der Waals surface area contributed by atoms with Crippen molar-refractivity contribution in [1.29, 1.82) is 0 Å². The molecule has 142 valence electrons. The monoisotopic (exact) mass is 392 g/mol. The first kappa shape index (κ1) is 20.0. The molecule has 10 heteroatoms. The van der Waals surface area contributed by atoms with Crippen molar-refractivity contribution in [2.45, 2.75) is 19.0 Å². The second-order valence-corrected chi connectivity index (χ2v) is 6.17. The van der Waals surface area contributed by atoms with Crippen LogP contribution >= 0.6 is 11.6 Å². The highest BCUT2D eigenvalue weighted by molar-refractivity contribution is 6.33. The van der Waals surface area contributed by atoms with Crippen LogP contribution in [0.5, 0.6) is 0 Å². The van der Waals surface area contributed by atoms with Gasteiger partial charge in [-0.15, -0.1) is 0 Å². The third-order valence-corrected chi connectivity index (χ3v) is 4.30. The molecule has 1 N–H and O–H groups in total. The standard InChI is InChI=1S/C16H16ClF3N2O4/c1-26-14(24)9-4-5-11(17)12(7-9)21-13(23)10-3-2-6-22(8-10)15(25)16(18,19)20/h4-5,7,10H,2-3,6,8H2,1H3,(H,21,23). The van der Waals surface area contributed by atoms with E-state index in [0.717, 1.165) is 0 Å². The molecule has 0 radical (unpaired) electrons. The van der Waals surface area contributed by atoms with Crippen LogP contribution in [0.1, 0.15) is 23.2 Å². The van der Waals surface area contributed by atoms with E-state index in [2.05, 4.69) is 10.1 Å². The van der Waals surface area contributed by atoms with Crippen molar-refractivity contribution in [2.75, 3.05) is 25.5 Å². The van der Waals surface area contributed by atoms with E-state index < -0.39 is 29.9 Å². The van der Waals surface area contributed by atoms with Gasteiger partial charge in [-0.25, -0.2) is 4.79 Å². The van der Waals surface area contributed by atoms with Crippen molar-refractivity contribution in [1.82, 2.24) is 4.90 Å². The van der Waals surface area contributed by atoms with Crippen molar-refractivity contribution in [3.8, 4) is 0 Å². The Morgan fingerprint density at radius 3 is 2.62 bits per heavy atom. The summed E-state index contributed by atoms with van der Waals surface area (Å²) in [5, 5.41) is 2.66. The maximum absolute atomic E-state index is 12.6. The molecule has 26 heavy (non-hydrogen) atoms. The van der Waals surface area contributed by atoms with Crippen LogP contribution < -0.4 is 5.32 Å². The number of rotatable bonds is 3. The van der Waals surface area contributed by atoms with Gasteiger partial charge in [0.05, 0.1) is 29.3 Å². The number of halogens is 4. The molecule has 1 aromatic carbocycles. The van der Waals surface area contributed by atoms with E-state index in [1.165, 1.54) is 25.3 Å². The molecule has 1 fully saturated rings. The van der Waals surface area contributed by atoms with E-state index in [-0.39, 0.29) is 35.8 Å². The zero-order valence-corrected chi connectivity index (χ0v) is 14.5. The van der Waals surface area contributed by atoms with Crippen LogP contribution in [0.2, 0.25) is 5.02 Å². The van der Waals surface area contributed by atoms with Crippen molar-refractivity contribution in [3.63, 3.8) is 0 Å². The number of piperidine rings is 1. The molecule has 0 spiro atoms. The molecule has 2 amide bonds. The van der Waals surface area contributed by atoms with Gasteiger partial charge in [0, 0.05) is 13.1 Å². The Kier molecular flexibility index (Phi) is 6.12. The van der Waals surface area contributed by atoms with Crippen LogP contribution in [0.15, 0.2) is 18.2 Å². The third kappa shape index (κ3) is 4.66. The Morgan fingerprint density at radius 1 is 1.31 bits per heavy atom. The Bertz CT molecular complexity index is 724. The normalized spacial score (nSPS) is 17.6. The molecule has 0 saturated carbocycles. The molecule has 0 aliphatic carbocycles. The molecule has 0 bridgehead atoms. The second kappa shape index (κ2) is 7.94. The van der Waals surface area contributed by atoms with Gasteiger partial charge < -0.3 is 15.0 Å². The smallest absolute Gasteiger partial charge is 0.465 e. The topological polar surface area (TPSA) is 75.7 Å². The SMILES string of the molecule is COC(=O)c1ccc(Cl)c(NC(=O)C2CCCN(C(=O)C(F)(F)F)C2)c1. The van der Waals surface area contributed by atoms with Crippen molar-refractivity contribution < 1.29 is 32.3 Å². The summed E-state index contributed by atoms with van der Waals surface area (Å²) in [5.74, 6) is -3.97. The van der Waals surface area contributed by atoms with Gasteiger partial charge >= 0.3 is 18.1 Å². The lowest BCUT2D eigenvalue weighted by Crippen LogP contribution is -2.48. The van der Waals surface area contributed by atoms with E-state index in [9.17, 15) is 27.6 Å². The molecule has 2 rings (SSSR count). The lowest BCUT2D eigenvalue weighted by Gasteiger charge is -2.32. The highest BCUT2D eigenvalue weighted by Crippen LogP contribution is 2.27. The van der Waals surface area contributed by atoms with Gasteiger partial charge in [0.2, 0.25) is 5.91 Å². The Hall–Kier alpha value is -2.29. The number of ether oxygens (including phenoxy) is 1. The number of carbonyl (C=O) groups excluding carboxylic acids is 3. The Labute approximate surface area is 152 Å². The molecule has 6 nitrogen and oxygen atoms in total. The van der Waals surface area contributed by atoms with Crippen molar-refractivity contribution in [3.05, 3.63) is 28.8 Å². The Balaban J connectivity index is 2.10. The summed E-state index contributed by atoms with van der Waals surface area (Å²) in [7, 11) is 1.20. The minimum Gasteiger partial charge on any atom is -0.465 e. The fraction of sp³-hybridized carbons (Fsp3) is 0.438. The highest BCUT2D eigenvalue weighted by atomic mass is 35.5. The number of hydrogen-bond donors (Lipinski definition) is 1. The first-order chi connectivity index (χ1) is 12.1. The fourth-order valence-electron chi connectivity index (χ4n) is 2.66. The number of carbonyl (C=O) groups is 3. The van der Waals surface area contributed by atoms with E-state index in [1.807, 2.05) is 0 Å². The lowest BCUT2D eigenvalue weighted by atomic mass is 9.97. The number of nitrogens with one attached hydrogen (secondary N) is 1. The number of benzene rings is 1. The molecule has 1 aliphatic rings. The number of methoxy groups -OCH3 is 1. The lowest BCUT2D eigenvalue weighted by molar-refractivity contribution is -0.187. The summed E-state index contributed by atoms with van der Waals surface area (Å²) in [5.41, 5.74) is 0.295. The van der Waals surface area contributed by atoms with Crippen molar-refractivity contribution >= 4 is 35.1 Å². The summed E-state index contributed by atoms with van der Waals surface area (Å²) in [6.45, 7) is -0.390.